The van der Waals surface area contributed by atoms with E-state index in [0.29, 0.717) is 23.8 Å². The SMILES string of the molecule is NCCc1cnn(-c2cccc(F)c2)c1Cl. The van der Waals surface area contributed by atoms with Crippen LogP contribution in [0.5, 0.6) is 0 Å². The molecule has 3 nitrogen and oxygen atoms in total. The molecule has 0 aliphatic heterocycles. The Morgan fingerprint density at radius 2 is 2.25 bits per heavy atom. The first-order valence-electron chi connectivity index (χ1n) is 4.91. The molecule has 0 atom stereocenters. The first kappa shape index (κ1) is 11.1. The van der Waals surface area contributed by atoms with Gasteiger partial charge < -0.3 is 5.73 Å². The van der Waals surface area contributed by atoms with Crippen molar-refractivity contribution in [1.82, 2.24) is 9.78 Å². The highest BCUT2D eigenvalue weighted by molar-refractivity contribution is 6.30. The number of rotatable bonds is 3. The predicted molar refractivity (Wildman–Crippen MR) is 61.3 cm³/mol. The Hall–Kier alpha value is -1.39. The fourth-order valence-electron chi connectivity index (χ4n) is 1.48. The van der Waals surface area contributed by atoms with Crippen LogP contribution in [-0.4, -0.2) is 16.3 Å². The third-order valence-corrected chi connectivity index (χ3v) is 2.65. The van der Waals surface area contributed by atoms with Crippen LogP contribution in [0.15, 0.2) is 30.5 Å². The number of aromatic nitrogens is 2. The second-order valence-electron chi connectivity index (χ2n) is 3.39. The van der Waals surface area contributed by atoms with E-state index in [9.17, 15) is 4.39 Å². The Morgan fingerprint density at radius 3 is 2.94 bits per heavy atom. The van der Waals surface area contributed by atoms with Gasteiger partial charge in [-0.2, -0.15) is 5.10 Å². The molecule has 0 spiro atoms. The summed E-state index contributed by atoms with van der Waals surface area (Å²) < 4.78 is 14.5. The molecule has 2 rings (SSSR count). The van der Waals surface area contributed by atoms with E-state index < -0.39 is 0 Å². The first-order valence-corrected chi connectivity index (χ1v) is 5.28. The largest absolute Gasteiger partial charge is 0.330 e. The molecule has 0 bridgehead atoms. The topological polar surface area (TPSA) is 43.8 Å². The Balaban J connectivity index is 2.41. The molecular weight excluding hydrogens is 229 g/mol. The van der Waals surface area contributed by atoms with Crippen molar-refractivity contribution in [2.45, 2.75) is 6.42 Å². The number of nitrogens with two attached hydrogens (primary N) is 1. The minimum atomic E-state index is -0.315. The van der Waals surface area contributed by atoms with E-state index in [2.05, 4.69) is 5.10 Å². The fraction of sp³-hybridized carbons (Fsp3) is 0.182. The molecule has 2 aromatic rings. The third-order valence-electron chi connectivity index (χ3n) is 2.25. The summed E-state index contributed by atoms with van der Waals surface area (Å²) in [5.41, 5.74) is 6.92. The van der Waals surface area contributed by atoms with E-state index in [1.807, 2.05) is 0 Å². The molecule has 2 N–H and O–H groups in total. The van der Waals surface area contributed by atoms with Crippen LogP contribution in [-0.2, 0) is 6.42 Å². The molecule has 0 amide bonds. The number of nitrogens with zero attached hydrogens (tertiary/aromatic N) is 2. The van der Waals surface area contributed by atoms with Crippen LogP contribution in [0.2, 0.25) is 5.15 Å². The maximum Gasteiger partial charge on any atom is 0.136 e. The number of hydrogen-bond donors (Lipinski definition) is 1. The van der Waals surface area contributed by atoms with Gasteiger partial charge in [0, 0.05) is 5.56 Å². The van der Waals surface area contributed by atoms with Gasteiger partial charge in [-0.1, -0.05) is 17.7 Å². The van der Waals surface area contributed by atoms with Gasteiger partial charge in [-0.15, -0.1) is 0 Å². The van der Waals surface area contributed by atoms with Gasteiger partial charge in [0.2, 0.25) is 0 Å². The van der Waals surface area contributed by atoms with Crippen molar-refractivity contribution in [1.29, 1.82) is 0 Å². The Labute approximate surface area is 97.6 Å². The quantitative estimate of drug-likeness (QED) is 0.892. The second-order valence-corrected chi connectivity index (χ2v) is 3.75. The minimum absolute atomic E-state index is 0.315. The highest BCUT2D eigenvalue weighted by Gasteiger charge is 2.09. The third kappa shape index (κ3) is 2.08. The summed E-state index contributed by atoms with van der Waals surface area (Å²) in [6.45, 7) is 0.508. The van der Waals surface area contributed by atoms with Gasteiger partial charge in [0.15, 0.2) is 0 Å². The van der Waals surface area contributed by atoms with Crippen LogP contribution in [0, 0.1) is 5.82 Å². The van der Waals surface area contributed by atoms with E-state index in [0.717, 1.165) is 5.56 Å². The van der Waals surface area contributed by atoms with Crippen LogP contribution in [0.25, 0.3) is 5.69 Å². The Morgan fingerprint density at radius 1 is 1.44 bits per heavy atom. The zero-order valence-electron chi connectivity index (χ0n) is 8.53. The minimum Gasteiger partial charge on any atom is -0.330 e. The summed E-state index contributed by atoms with van der Waals surface area (Å²) >= 11 is 6.11. The summed E-state index contributed by atoms with van der Waals surface area (Å²) in [7, 11) is 0. The molecule has 0 radical (unpaired) electrons. The normalized spacial score (nSPS) is 10.7. The molecule has 5 heteroatoms. The molecule has 1 heterocycles. The predicted octanol–water partition coefficient (Wildman–Crippen LogP) is 2.17. The van der Waals surface area contributed by atoms with Gasteiger partial charge in [0.05, 0.1) is 11.9 Å². The number of hydrogen-bond acceptors (Lipinski definition) is 2. The summed E-state index contributed by atoms with van der Waals surface area (Å²) in [6.07, 6.45) is 2.31. The average Bonchev–Trinajstić information content (AvgIpc) is 2.61. The fourth-order valence-corrected chi connectivity index (χ4v) is 1.76. The monoisotopic (exact) mass is 239 g/mol. The molecule has 0 aliphatic rings. The summed E-state index contributed by atoms with van der Waals surface area (Å²) in [4.78, 5) is 0. The molecule has 0 saturated heterocycles. The van der Waals surface area contributed by atoms with Crippen LogP contribution in [0.3, 0.4) is 0 Å². The second kappa shape index (κ2) is 4.63. The molecule has 0 fully saturated rings. The van der Waals surface area contributed by atoms with Gasteiger partial charge in [0.25, 0.3) is 0 Å². The van der Waals surface area contributed by atoms with Crippen LogP contribution >= 0.6 is 11.6 Å². The standard InChI is InChI=1S/C11H11ClFN3/c12-11-8(4-5-14)7-15-16(11)10-3-1-2-9(13)6-10/h1-3,6-7H,4-5,14H2. The smallest absolute Gasteiger partial charge is 0.136 e. The molecule has 0 saturated carbocycles. The van der Waals surface area contributed by atoms with Gasteiger partial charge >= 0.3 is 0 Å². The highest BCUT2D eigenvalue weighted by Crippen LogP contribution is 2.20. The van der Waals surface area contributed by atoms with E-state index in [-0.39, 0.29) is 5.82 Å². The zero-order valence-corrected chi connectivity index (χ0v) is 9.28. The molecule has 1 aromatic carbocycles. The lowest BCUT2D eigenvalue weighted by Gasteiger charge is -2.03. The van der Waals surface area contributed by atoms with Crippen molar-refractivity contribution in [2.75, 3.05) is 6.54 Å². The molecule has 0 unspecified atom stereocenters. The highest BCUT2D eigenvalue weighted by atomic mass is 35.5. The van der Waals surface area contributed by atoms with Gasteiger partial charge in [0.1, 0.15) is 11.0 Å². The van der Waals surface area contributed by atoms with Gasteiger partial charge in [-0.25, -0.2) is 9.07 Å². The van der Waals surface area contributed by atoms with Crippen molar-refractivity contribution in [3.63, 3.8) is 0 Å². The van der Waals surface area contributed by atoms with E-state index >= 15 is 0 Å². The summed E-state index contributed by atoms with van der Waals surface area (Å²) in [6, 6.07) is 6.12. The summed E-state index contributed by atoms with van der Waals surface area (Å²) in [5, 5.41) is 4.59. The molecule has 84 valence electrons. The molecular formula is C11H11ClFN3. The van der Waals surface area contributed by atoms with Gasteiger partial charge in [-0.3, -0.25) is 0 Å². The van der Waals surface area contributed by atoms with Crippen molar-refractivity contribution < 1.29 is 4.39 Å². The first-order chi connectivity index (χ1) is 7.72. The zero-order chi connectivity index (χ0) is 11.5. The maximum absolute atomic E-state index is 13.0. The van der Waals surface area contributed by atoms with Crippen molar-refractivity contribution >= 4 is 11.6 Å². The molecule has 0 aliphatic carbocycles. The lowest BCUT2D eigenvalue weighted by atomic mass is 10.2. The maximum atomic E-state index is 13.0. The molecule has 1 aromatic heterocycles. The number of benzene rings is 1. The lowest BCUT2D eigenvalue weighted by molar-refractivity contribution is 0.625. The van der Waals surface area contributed by atoms with Crippen LogP contribution < -0.4 is 5.73 Å². The van der Waals surface area contributed by atoms with E-state index in [4.69, 9.17) is 17.3 Å². The van der Waals surface area contributed by atoms with E-state index in [1.54, 1.807) is 18.3 Å². The Kier molecular flexibility index (Phi) is 3.22. The van der Waals surface area contributed by atoms with Crippen molar-refractivity contribution in [3.05, 3.63) is 47.0 Å². The summed E-state index contributed by atoms with van der Waals surface area (Å²) in [5.74, 6) is -0.315. The number of halogens is 2. The lowest BCUT2D eigenvalue weighted by Crippen LogP contribution is -2.03. The van der Waals surface area contributed by atoms with E-state index in [1.165, 1.54) is 16.8 Å². The van der Waals surface area contributed by atoms with Crippen LogP contribution in [0.1, 0.15) is 5.56 Å². The van der Waals surface area contributed by atoms with Crippen molar-refractivity contribution in [2.24, 2.45) is 5.73 Å². The van der Waals surface area contributed by atoms with Crippen molar-refractivity contribution in [3.8, 4) is 5.69 Å². The molecule has 16 heavy (non-hydrogen) atoms. The van der Waals surface area contributed by atoms with Gasteiger partial charge in [-0.05, 0) is 31.2 Å². The average molecular weight is 240 g/mol. The van der Waals surface area contributed by atoms with Crippen LogP contribution in [0.4, 0.5) is 4.39 Å². The Bertz CT molecular complexity index is 496.